The predicted octanol–water partition coefficient (Wildman–Crippen LogP) is 1.12. The van der Waals surface area contributed by atoms with Crippen LogP contribution in [-0.2, 0) is 4.79 Å². The summed E-state index contributed by atoms with van der Waals surface area (Å²) in [6, 6.07) is -0.113. The van der Waals surface area contributed by atoms with Gasteiger partial charge >= 0.3 is 0 Å². The summed E-state index contributed by atoms with van der Waals surface area (Å²) in [5, 5.41) is 2.93. The third-order valence-electron chi connectivity index (χ3n) is 1.59. The monoisotopic (exact) mass is 175 g/mol. The summed E-state index contributed by atoms with van der Waals surface area (Å²) in [6.07, 6.45) is 0. The minimum atomic E-state index is -0.267. The molecule has 0 aliphatic heterocycles. The van der Waals surface area contributed by atoms with Crippen molar-refractivity contribution in [2.75, 3.05) is 12.8 Å². The first-order valence-electron chi connectivity index (χ1n) is 3.76. The van der Waals surface area contributed by atoms with E-state index in [0.717, 1.165) is 0 Å². The number of Topliss-reactive ketones (excluding diaryl/α,β-unsaturated/α-hetero) is 1. The van der Waals surface area contributed by atoms with Crippen LogP contribution in [0, 0.1) is 5.41 Å². The standard InChI is InChI=1S/C8H17NOS/c1-8(2,3)7(10)6(5-11)9-4/h6,9,11H,5H2,1-4H3. The highest BCUT2D eigenvalue weighted by molar-refractivity contribution is 7.80. The van der Waals surface area contributed by atoms with Gasteiger partial charge in [-0.15, -0.1) is 0 Å². The van der Waals surface area contributed by atoms with Gasteiger partial charge in [0, 0.05) is 11.2 Å². The Balaban J connectivity index is 4.22. The van der Waals surface area contributed by atoms with E-state index in [4.69, 9.17) is 0 Å². The molecule has 0 heterocycles. The maximum Gasteiger partial charge on any atom is 0.155 e. The van der Waals surface area contributed by atoms with Gasteiger partial charge in [0.05, 0.1) is 6.04 Å². The number of thiol groups is 1. The molecule has 0 amide bonds. The summed E-state index contributed by atoms with van der Waals surface area (Å²) in [7, 11) is 1.78. The fraction of sp³-hybridized carbons (Fsp3) is 0.875. The third kappa shape index (κ3) is 3.25. The molecule has 0 saturated heterocycles. The van der Waals surface area contributed by atoms with Gasteiger partial charge in [-0.2, -0.15) is 12.6 Å². The van der Waals surface area contributed by atoms with Crippen LogP contribution in [-0.4, -0.2) is 24.6 Å². The molecule has 3 heteroatoms. The highest BCUT2D eigenvalue weighted by atomic mass is 32.1. The normalized spacial score (nSPS) is 14.6. The number of rotatable bonds is 3. The second kappa shape index (κ2) is 4.12. The molecule has 1 atom stereocenters. The van der Waals surface area contributed by atoms with E-state index in [1.54, 1.807) is 7.05 Å². The predicted molar refractivity (Wildman–Crippen MR) is 51.2 cm³/mol. The summed E-state index contributed by atoms with van der Waals surface area (Å²) in [5.74, 6) is 0.780. The maximum atomic E-state index is 11.5. The van der Waals surface area contributed by atoms with Crippen molar-refractivity contribution >= 4 is 18.4 Å². The van der Waals surface area contributed by atoms with Crippen LogP contribution in [0.5, 0.6) is 0 Å². The van der Waals surface area contributed by atoms with E-state index in [1.165, 1.54) is 0 Å². The number of hydrogen-bond donors (Lipinski definition) is 2. The van der Waals surface area contributed by atoms with Crippen molar-refractivity contribution in [1.82, 2.24) is 5.32 Å². The molecule has 0 aliphatic rings. The number of carbonyl (C=O) groups excluding carboxylic acids is 1. The van der Waals surface area contributed by atoms with Crippen LogP contribution in [0.25, 0.3) is 0 Å². The number of ketones is 1. The quantitative estimate of drug-likeness (QED) is 0.629. The summed E-state index contributed by atoms with van der Waals surface area (Å²) < 4.78 is 0. The Morgan fingerprint density at radius 1 is 1.55 bits per heavy atom. The zero-order valence-electron chi connectivity index (χ0n) is 7.64. The molecular formula is C8H17NOS. The van der Waals surface area contributed by atoms with Crippen LogP contribution in [0.1, 0.15) is 20.8 Å². The van der Waals surface area contributed by atoms with E-state index >= 15 is 0 Å². The van der Waals surface area contributed by atoms with Crippen molar-refractivity contribution in [2.45, 2.75) is 26.8 Å². The molecule has 0 aliphatic carbocycles. The second-order valence-corrected chi connectivity index (χ2v) is 4.00. The molecule has 0 bridgehead atoms. The molecule has 0 aromatic heterocycles. The number of likely N-dealkylation sites (N-methyl/N-ethyl adjacent to an activating group) is 1. The van der Waals surface area contributed by atoms with Gasteiger partial charge in [-0.05, 0) is 7.05 Å². The SMILES string of the molecule is CNC(CS)C(=O)C(C)(C)C. The average molecular weight is 175 g/mol. The van der Waals surface area contributed by atoms with E-state index in [9.17, 15) is 4.79 Å². The lowest BCUT2D eigenvalue weighted by molar-refractivity contribution is -0.127. The Kier molecular flexibility index (Phi) is 4.11. The van der Waals surface area contributed by atoms with Gasteiger partial charge in [0.1, 0.15) is 0 Å². The first-order chi connectivity index (χ1) is 4.93. The molecule has 0 aromatic rings. The van der Waals surface area contributed by atoms with Gasteiger partial charge in [-0.25, -0.2) is 0 Å². The first-order valence-corrected chi connectivity index (χ1v) is 4.39. The van der Waals surface area contributed by atoms with Crippen molar-refractivity contribution in [1.29, 1.82) is 0 Å². The molecule has 66 valence electrons. The second-order valence-electron chi connectivity index (χ2n) is 3.64. The molecular weight excluding hydrogens is 158 g/mol. The van der Waals surface area contributed by atoms with Crippen molar-refractivity contribution in [2.24, 2.45) is 5.41 Å². The van der Waals surface area contributed by atoms with Crippen LogP contribution in [0.15, 0.2) is 0 Å². The smallest absolute Gasteiger partial charge is 0.155 e. The number of carbonyl (C=O) groups is 1. The largest absolute Gasteiger partial charge is 0.310 e. The van der Waals surface area contributed by atoms with Gasteiger partial charge in [0.25, 0.3) is 0 Å². The van der Waals surface area contributed by atoms with E-state index in [-0.39, 0.29) is 17.2 Å². The third-order valence-corrected chi connectivity index (χ3v) is 1.95. The van der Waals surface area contributed by atoms with Crippen molar-refractivity contribution in [3.05, 3.63) is 0 Å². The number of nitrogens with one attached hydrogen (secondary N) is 1. The number of hydrogen-bond acceptors (Lipinski definition) is 3. The highest BCUT2D eigenvalue weighted by Crippen LogP contribution is 2.16. The Morgan fingerprint density at radius 2 is 2.00 bits per heavy atom. The Morgan fingerprint density at radius 3 is 2.09 bits per heavy atom. The van der Waals surface area contributed by atoms with E-state index in [0.29, 0.717) is 5.75 Å². The summed E-state index contributed by atoms with van der Waals surface area (Å²) in [5.41, 5.74) is -0.267. The summed E-state index contributed by atoms with van der Waals surface area (Å²) in [4.78, 5) is 11.5. The maximum absolute atomic E-state index is 11.5. The van der Waals surface area contributed by atoms with Crippen LogP contribution in [0.3, 0.4) is 0 Å². The molecule has 1 N–H and O–H groups in total. The Hall–Kier alpha value is -0.0200. The Bertz CT molecular complexity index is 136. The molecule has 2 nitrogen and oxygen atoms in total. The van der Waals surface area contributed by atoms with Crippen molar-refractivity contribution in [3.8, 4) is 0 Å². The Labute approximate surface area is 74.2 Å². The van der Waals surface area contributed by atoms with E-state index < -0.39 is 0 Å². The lowest BCUT2D eigenvalue weighted by Gasteiger charge is -2.22. The molecule has 0 radical (unpaired) electrons. The molecule has 0 aromatic carbocycles. The summed E-state index contributed by atoms with van der Waals surface area (Å²) >= 11 is 4.08. The van der Waals surface area contributed by atoms with E-state index in [2.05, 4.69) is 17.9 Å². The minimum absolute atomic E-state index is 0.113. The molecule has 0 fully saturated rings. The summed E-state index contributed by atoms with van der Waals surface area (Å²) in [6.45, 7) is 5.76. The molecule has 1 unspecified atom stereocenters. The zero-order valence-corrected chi connectivity index (χ0v) is 8.53. The molecule has 0 spiro atoms. The van der Waals surface area contributed by atoms with Crippen LogP contribution in [0.2, 0.25) is 0 Å². The van der Waals surface area contributed by atoms with Crippen LogP contribution < -0.4 is 5.32 Å². The van der Waals surface area contributed by atoms with Gasteiger partial charge < -0.3 is 5.32 Å². The average Bonchev–Trinajstić information content (AvgIpc) is 1.88. The fourth-order valence-electron chi connectivity index (χ4n) is 0.828. The van der Waals surface area contributed by atoms with Crippen molar-refractivity contribution < 1.29 is 4.79 Å². The zero-order chi connectivity index (χ0) is 9.07. The van der Waals surface area contributed by atoms with Crippen molar-refractivity contribution in [3.63, 3.8) is 0 Å². The fourth-order valence-corrected chi connectivity index (χ4v) is 1.18. The molecule has 0 saturated carbocycles. The van der Waals surface area contributed by atoms with E-state index in [1.807, 2.05) is 20.8 Å². The highest BCUT2D eigenvalue weighted by Gasteiger charge is 2.27. The van der Waals surface area contributed by atoms with Crippen LogP contribution in [0.4, 0.5) is 0 Å². The van der Waals surface area contributed by atoms with Gasteiger partial charge in [-0.1, -0.05) is 20.8 Å². The van der Waals surface area contributed by atoms with Gasteiger partial charge in [0.2, 0.25) is 0 Å². The minimum Gasteiger partial charge on any atom is -0.310 e. The molecule has 11 heavy (non-hydrogen) atoms. The molecule has 0 rings (SSSR count). The lowest BCUT2D eigenvalue weighted by atomic mass is 9.87. The first kappa shape index (κ1) is 11.0. The van der Waals surface area contributed by atoms with Crippen LogP contribution >= 0.6 is 12.6 Å². The van der Waals surface area contributed by atoms with Gasteiger partial charge in [-0.3, -0.25) is 4.79 Å². The van der Waals surface area contributed by atoms with Gasteiger partial charge in [0.15, 0.2) is 5.78 Å². The lowest BCUT2D eigenvalue weighted by Crippen LogP contribution is -2.42. The topological polar surface area (TPSA) is 29.1 Å².